The minimum atomic E-state index is 0.722. The van der Waals surface area contributed by atoms with Crippen LogP contribution in [0.15, 0.2) is 23.5 Å². The van der Waals surface area contributed by atoms with Crippen LogP contribution in [0.4, 0.5) is 0 Å². The van der Waals surface area contributed by atoms with Crippen LogP contribution in [-0.4, -0.2) is 49.0 Å². The number of hydrogen-bond donors (Lipinski definition) is 0. The van der Waals surface area contributed by atoms with Crippen molar-refractivity contribution >= 4 is 11.8 Å². The number of rotatable bonds is 6. The predicted molar refractivity (Wildman–Crippen MR) is 97.7 cm³/mol. The Morgan fingerprint density at radius 3 is 2.44 bits per heavy atom. The summed E-state index contributed by atoms with van der Waals surface area (Å²) in [5.41, 5.74) is 3.37. The standard InChI is InChI=1S/C18H23N3O3S/c1-22-13-7-16(23-2)14(17(8-13)24-3)11-21-6-5-15-12(10-21)9-19-18(20-15)25-4/h7-9H,5-6,10-11H2,1-4H3. The molecule has 1 aromatic heterocycles. The summed E-state index contributed by atoms with van der Waals surface area (Å²) < 4.78 is 16.4. The molecule has 0 saturated heterocycles. The van der Waals surface area contributed by atoms with Gasteiger partial charge in [0, 0.05) is 49.9 Å². The average Bonchev–Trinajstić information content (AvgIpc) is 2.67. The van der Waals surface area contributed by atoms with Gasteiger partial charge in [0.15, 0.2) is 5.16 Å². The van der Waals surface area contributed by atoms with Crippen molar-refractivity contribution in [1.82, 2.24) is 14.9 Å². The molecule has 0 radical (unpaired) electrons. The van der Waals surface area contributed by atoms with Gasteiger partial charge in [-0.2, -0.15) is 0 Å². The molecular formula is C18H23N3O3S. The molecule has 6 nitrogen and oxygen atoms in total. The monoisotopic (exact) mass is 361 g/mol. The molecule has 3 rings (SSSR count). The third kappa shape index (κ3) is 3.82. The third-order valence-corrected chi connectivity index (χ3v) is 4.93. The van der Waals surface area contributed by atoms with Crippen molar-refractivity contribution in [1.29, 1.82) is 0 Å². The van der Waals surface area contributed by atoms with Gasteiger partial charge in [-0.3, -0.25) is 4.90 Å². The van der Waals surface area contributed by atoms with Gasteiger partial charge < -0.3 is 14.2 Å². The van der Waals surface area contributed by atoms with Gasteiger partial charge in [-0.1, -0.05) is 11.8 Å². The van der Waals surface area contributed by atoms with E-state index in [0.717, 1.165) is 59.7 Å². The Morgan fingerprint density at radius 2 is 1.84 bits per heavy atom. The van der Waals surface area contributed by atoms with Gasteiger partial charge in [0.05, 0.1) is 32.6 Å². The number of methoxy groups -OCH3 is 3. The van der Waals surface area contributed by atoms with Gasteiger partial charge in [-0.05, 0) is 6.26 Å². The summed E-state index contributed by atoms with van der Waals surface area (Å²) in [7, 11) is 4.97. The van der Waals surface area contributed by atoms with Crippen molar-refractivity contribution in [3.63, 3.8) is 0 Å². The highest BCUT2D eigenvalue weighted by Crippen LogP contribution is 2.35. The van der Waals surface area contributed by atoms with Crippen molar-refractivity contribution in [3.8, 4) is 17.2 Å². The first-order valence-corrected chi connectivity index (χ1v) is 9.31. The molecule has 7 heteroatoms. The predicted octanol–water partition coefficient (Wildman–Crippen LogP) is 2.78. The Bertz CT molecular complexity index is 729. The molecule has 0 atom stereocenters. The lowest BCUT2D eigenvalue weighted by atomic mass is 10.1. The highest BCUT2D eigenvalue weighted by atomic mass is 32.2. The van der Waals surface area contributed by atoms with Gasteiger partial charge in [-0.15, -0.1) is 0 Å². The molecule has 2 heterocycles. The van der Waals surface area contributed by atoms with Gasteiger partial charge in [0.25, 0.3) is 0 Å². The fourth-order valence-electron chi connectivity index (χ4n) is 3.05. The first-order chi connectivity index (χ1) is 12.2. The molecule has 1 aliphatic heterocycles. The largest absolute Gasteiger partial charge is 0.496 e. The first kappa shape index (κ1) is 17.8. The van der Waals surface area contributed by atoms with E-state index in [1.54, 1.807) is 33.1 Å². The molecule has 0 saturated carbocycles. The van der Waals surface area contributed by atoms with Crippen molar-refractivity contribution in [2.45, 2.75) is 24.7 Å². The average molecular weight is 361 g/mol. The second-order valence-corrected chi connectivity index (χ2v) is 6.57. The number of nitrogens with zero attached hydrogens (tertiary/aromatic N) is 3. The number of benzene rings is 1. The molecule has 0 unspecified atom stereocenters. The maximum atomic E-state index is 5.56. The Kier molecular flexibility index (Phi) is 5.65. The lowest BCUT2D eigenvalue weighted by molar-refractivity contribution is 0.234. The van der Waals surface area contributed by atoms with Crippen LogP contribution in [0.5, 0.6) is 17.2 Å². The highest BCUT2D eigenvalue weighted by Gasteiger charge is 2.22. The van der Waals surface area contributed by atoms with E-state index in [1.165, 1.54) is 5.56 Å². The van der Waals surface area contributed by atoms with Crippen LogP contribution < -0.4 is 14.2 Å². The molecule has 1 aromatic carbocycles. The van der Waals surface area contributed by atoms with E-state index in [4.69, 9.17) is 14.2 Å². The van der Waals surface area contributed by atoms with E-state index in [1.807, 2.05) is 24.6 Å². The van der Waals surface area contributed by atoms with Gasteiger partial charge in [0.2, 0.25) is 0 Å². The highest BCUT2D eigenvalue weighted by molar-refractivity contribution is 7.98. The second-order valence-electron chi connectivity index (χ2n) is 5.80. The molecule has 0 bridgehead atoms. The number of fused-ring (bicyclic) bond motifs is 1. The number of hydrogen-bond acceptors (Lipinski definition) is 7. The summed E-state index contributed by atoms with van der Waals surface area (Å²) in [5.74, 6) is 2.27. The summed E-state index contributed by atoms with van der Waals surface area (Å²) in [6.07, 6.45) is 4.87. The fourth-order valence-corrected chi connectivity index (χ4v) is 3.41. The number of thioether (sulfide) groups is 1. The first-order valence-electron chi connectivity index (χ1n) is 8.08. The maximum absolute atomic E-state index is 5.56. The number of ether oxygens (including phenoxy) is 3. The van der Waals surface area contributed by atoms with Gasteiger partial charge in [0.1, 0.15) is 17.2 Å². The minimum absolute atomic E-state index is 0.722. The SMILES string of the molecule is COc1cc(OC)c(CN2CCc3nc(SC)ncc3C2)c(OC)c1. The van der Waals surface area contributed by atoms with Crippen LogP contribution in [0, 0.1) is 0 Å². The smallest absolute Gasteiger partial charge is 0.187 e. The molecule has 0 amide bonds. The van der Waals surface area contributed by atoms with E-state index in [-0.39, 0.29) is 0 Å². The lowest BCUT2D eigenvalue weighted by Crippen LogP contribution is -2.31. The summed E-state index contributed by atoms with van der Waals surface area (Å²) >= 11 is 1.58. The molecule has 134 valence electrons. The Morgan fingerprint density at radius 1 is 1.12 bits per heavy atom. The van der Waals surface area contributed by atoms with Crippen molar-refractivity contribution < 1.29 is 14.2 Å². The Hall–Kier alpha value is -1.99. The molecule has 0 spiro atoms. The molecule has 1 aliphatic rings. The molecule has 0 fully saturated rings. The summed E-state index contributed by atoms with van der Waals surface area (Å²) in [6, 6.07) is 3.78. The summed E-state index contributed by atoms with van der Waals surface area (Å²) in [4.78, 5) is 11.4. The zero-order chi connectivity index (χ0) is 17.8. The lowest BCUT2D eigenvalue weighted by Gasteiger charge is -2.29. The second kappa shape index (κ2) is 7.93. The zero-order valence-corrected chi connectivity index (χ0v) is 15.9. The molecule has 0 aliphatic carbocycles. The Labute approximate surface area is 152 Å². The molecule has 0 N–H and O–H groups in total. The van der Waals surface area contributed by atoms with E-state index >= 15 is 0 Å². The summed E-state index contributed by atoms with van der Waals surface area (Å²) in [5, 5.41) is 0.839. The van der Waals surface area contributed by atoms with Crippen LogP contribution in [0.1, 0.15) is 16.8 Å². The van der Waals surface area contributed by atoms with Crippen LogP contribution in [0.25, 0.3) is 0 Å². The van der Waals surface area contributed by atoms with E-state index in [0.29, 0.717) is 0 Å². The van der Waals surface area contributed by atoms with Crippen molar-refractivity contribution in [3.05, 3.63) is 35.2 Å². The fraction of sp³-hybridized carbons (Fsp3) is 0.444. The van der Waals surface area contributed by atoms with Crippen LogP contribution in [0.2, 0.25) is 0 Å². The molecular weight excluding hydrogens is 338 g/mol. The molecule has 25 heavy (non-hydrogen) atoms. The Balaban J connectivity index is 1.83. The molecule has 2 aromatic rings. The van der Waals surface area contributed by atoms with Crippen LogP contribution in [0.3, 0.4) is 0 Å². The number of aromatic nitrogens is 2. The summed E-state index contributed by atoms with van der Waals surface area (Å²) in [6.45, 7) is 2.50. The van der Waals surface area contributed by atoms with E-state index < -0.39 is 0 Å². The zero-order valence-electron chi connectivity index (χ0n) is 15.0. The van der Waals surface area contributed by atoms with Crippen molar-refractivity contribution in [2.24, 2.45) is 0 Å². The van der Waals surface area contributed by atoms with Crippen LogP contribution in [-0.2, 0) is 19.5 Å². The van der Waals surface area contributed by atoms with E-state index in [2.05, 4.69) is 14.9 Å². The van der Waals surface area contributed by atoms with Crippen molar-refractivity contribution in [2.75, 3.05) is 34.1 Å². The van der Waals surface area contributed by atoms with Crippen LogP contribution >= 0.6 is 11.8 Å². The van der Waals surface area contributed by atoms with Gasteiger partial charge in [-0.25, -0.2) is 9.97 Å². The topological polar surface area (TPSA) is 56.7 Å². The van der Waals surface area contributed by atoms with E-state index in [9.17, 15) is 0 Å². The third-order valence-electron chi connectivity index (χ3n) is 4.37. The minimum Gasteiger partial charge on any atom is -0.496 e. The maximum Gasteiger partial charge on any atom is 0.187 e. The quantitative estimate of drug-likeness (QED) is 0.579. The normalized spacial score (nSPS) is 14.1. The van der Waals surface area contributed by atoms with Gasteiger partial charge >= 0.3 is 0 Å².